The van der Waals surface area contributed by atoms with Crippen LogP contribution >= 0.6 is 0 Å². The normalized spacial score (nSPS) is 11.9. The van der Waals surface area contributed by atoms with Crippen LogP contribution in [0.5, 0.6) is 17.2 Å². The molecule has 0 heterocycles. The van der Waals surface area contributed by atoms with E-state index in [1.54, 1.807) is 25.3 Å². The van der Waals surface area contributed by atoms with E-state index in [1.165, 1.54) is 20.3 Å². The summed E-state index contributed by atoms with van der Waals surface area (Å²) in [5, 5.41) is 0. The summed E-state index contributed by atoms with van der Waals surface area (Å²) in [6, 6.07) is 9.42. The zero-order chi connectivity index (χ0) is 15.4. The van der Waals surface area contributed by atoms with Gasteiger partial charge in [0.05, 0.1) is 27.4 Å². The number of hydrogen-bond acceptors (Lipinski definition) is 4. The van der Waals surface area contributed by atoms with Gasteiger partial charge in [-0.3, -0.25) is 0 Å². The van der Waals surface area contributed by atoms with E-state index in [2.05, 4.69) is 0 Å². The second-order valence-electron chi connectivity index (χ2n) is 4.48. The van der Waals surface area contributed by atoms with Gasteiger partial charge in [-0.2, -0.15) is 0 Å². The first-order valence-electron chi connectivity index (χ1n) is 6.41. The first kappa shape index (κ1) is 15.1. The van der Waals surface area contributed by atoms with E-state index in [0.717, 1.165) is 5.56 Å². The highest BCUT2D eigenvalue weighted by Gasteiger charge is 2.18. The smallest absolute Gasteiger partial charge is 0.163 e. The summed E-state index contributed by atoms with van der Waals surface area (Å²) in [5.74, 6) is 0.996. The molecule has 0 saturated carbocycles. The minimum atomic E-state index is -0.625. The molecule has 2 aromatic rings. The summed E-state index contributed by atoms with van der Waals surface area (Å²) < 4.78 is 29.6. The van der Waals surface area contributed by atoms with E-state index >= 15 is 0 Å². The lowest BCUT2D eigenvalue weighted by molar-refractivity contribution is 0.351. The molecule has 1 unspecified atom stereocenters. The van der Waals surface area contributed by atoms with E-state index in [9.17, 15) is 4.39 Å². The Morgan fingerprint density at radius 1 is 0.952 bits per heavy atom. The van der Waals surface area contributed by atoms with Crippen molar-refractivity contribution in [3.8, 4) is 17.2 Å². The van der Waals surface area contributed by atoms with E-state index in [0.29, 0.717) is 22.8 Å². The fourth-order valence-corrected chi connectivity index (χ4v) is 2.12. The quantitative estimate of drug-likeness (QED) is 0.920. The van der Waals surface area contributed by atoms with Crippen LogP contribution in [-0.4, -0.2) is 21.3 Å². The summed E-state index contributed by atoms with van der Waals surface area (Å²) in [6.45, 7) is 0. The number of ether oxygens (including phenoxy) is 3. The lowest BCUT2D eigenvalue weighted by atomic mass is 9.98. The topological polar surface area (TPSA) is 53.7 Å². The minimum absolute atomic E-state index is 0.330. The largest absolute Gasteiger partial charge is 0.497 e. The third kappa shape index (κ3) is 3.08. The van der Waals surface area contributed by atoms with E-state index in [-0.39, 0.29) is 0 Å². The first-order chi connectivity index (χ1) is 10.1. The van der Waals surface area contributed by atoms with Crippen LogP contribution in [0.3, 0.4) is 0 Å². The van der Waals surface area contributed by atoms with Gasteiger partial charge in [0.25, 0.3) is 0 Å². The molecule has 0 aliphatic rings. The second-order valence-corrected chi connectivity index (χ2v) is 4.48. The molecule has 0 bridgehead atoms. The summed E-state index contributed by atoms with van der Waals surface area (Å²) in [6.07, 6.45) is 0. The zero-order valence-electron chi connectivity index (χ0n) is 12.2. The van der Waals surface area contributed by atoms with Crippen LogP contribution in [0.4, 0.5) is 4.39 Å². The predicted molar refractivity (Wildman–Crippen MR) is 78.5 cm³/mol. The van der Waals surface area contributed by atoms with Crippen molar-refractivity contribution >= 4 is 0 Å². The number of benzene rings is 2. The van der Waals surface area contributed by atoms with Gasteiger partial charge < -0.3 is 19.9 Å². The molecule has 2 rings (SSSR count). The summed E-state index contributed by atoms with van der Waals surface area (Å²) in [5.41, 5.74) is 7.25. The van der Waals surface area contributed by atoms with Crippen LogP contribution < -0.4 is 19.9 Å². The van der Waals surface area contributed by atoms with Gasteiger partial charge in [-0.25, -0.2) is 4.39 Å². The SMILES string of the molecule is COc1cccc(C(N)c2cc(OC)c(OC)cc2F)c1. The van der Waals surface area contributed by atoms with Crippen molar-refractivity contribution in [2.24, 2.45) is 5.73 Å². The summed E-state index contributed by atoms with van der Waals surface area (Å²) in [7, 11) is 4.52. The standard InChI is InChI=1S/C16H18FNO3/c1-19-11-6-4-5-10(7-11)16(18)12-8-14(20-2)15(21-3)9-13(12)17/h4-9,16H,18H2,1-3H3. The fraction of sp³-hybridized carbons (Fsp3) is 0.250. The molecule has 0 aromatic heterocycles. The molecule has 0 aliphatic heterocycles. The van der Waals surface area contributed by atoms with Crippen molar-refractivity contribution in [3.05, 3.63) is 53.3 Å². The lowest BCUT2D eigenvalue weighted by Gasteiger charge is -2.17. The number of hydrogen-bond donors (Lipinski definition) is 1. The Balaban J connectivity index is 2.44. The van der Waals surface area contributed by atoms with Gasteiger partial charge in [-0.15, -0.1) is 0 Å². The number of nitrogens with two attached hydrogens (primary N) is 1. The number of halogens is 1. The van der Waals surface area contributed by atoms with Gasteiger partial charge in [0.1, 0.15) is 11.6 Å². The highest BCUT2D eigenvalue weighted by Crippen LogP contribution is 2.34. The first-order valence-corrected chi connectivity index (χ1v) is 6.41. The monoisotopic (exact) mass is 291 g/mol. The highest BCUT2D eigenvalue weighted by atomic mass is 19.1. The van der Waals surface area contributed by atoms with E-state index in [1.807, 2.05) is 12.1 Å². The predicted octanol–water partition coefficient (Wildman–Crippen LogP) is 2.90. The molecule has 2 N–H and O–H groups in total. The Labute approximate surface area is 123 Å². The van der Waals surface area contributed by atoms with Crippen molar-refractivity contribution in [1.82, 2.24) is 0 Å². The molecule has 0 spiro atoms. The van der Waals surface area contributed by atoms with E-state index in [4.69, 9.17) is 19.9 Å². The van der Waals surface area contributed by atoms with Crippen LogP contribution in [0.1, 0.15) is 17.2 Å². The summed E-state index contributed by atoms with van der Waals surface area (Å²) in [4.78, 5) is 0. The van der Waals surface area contributed by atoms with Gasteiger partial charge in [0.15, 0.2) is 11.5 Å². The van der Waals surface area contributed by atoms with Crippen molar-refractivity contribution in [2.45, 2.75) is 6.04 Å². The maximum absolute atomic E-state index is 14.2. The average molecular weight is 291 g/mol. The Morgan fingerprint density at radius 2 is 1.62 bits per heavy atom. The van der Waals surface area contributed by atoms with Crippen LogP contribution in [-0.2, 0) is 0 Å². The van der Waals surface area contributed by atoms with Crippen molar-refractivity contribution in [1.29, 1.82) is 0 Å². The number of rotatable bonds is 5. The molecule has 0 amide bonds. The van der Waals surface area contributed by atoms with Crippen LogP contribution in [0, 0.1) is 5.82 Å². The maximum Gasteiger partial charge on any atom is 0.163 e. The molecule has 5 heteroatoms. The molecule has 1 atom stereocenters. The van der Waals surface area contributed by atoms with Crippen LogP contribution in [0.2, 0.25) is 0 Å². The van der Waals surface area contributed by atoms with E-state index < -0.39 is 11.9 Å². The number of methoxy groups -OCH3 is 3. The van der Waals surface area contributed by atoms with Crippen molar-refractivity contribution < 1.29 is 18.6 Å². The second kappa shape index (κ2) is 6.45. The van der Waals surface area contributed by atoms with Gasteiger partial charge in [-0.1, -0.05) is 12.1 Å². The molecule has 0 fully saturated rings. The Bertz CT molecular complexity index is 631. The molecular formula is C16H18FNO3. The highest BCUT2D eigenvalue weighted by molar-refractivity contribution is 5.47. The zero-order valence-corrected chi connectivity index (χ0v) is 12.2. The third-order valence-electron chi connectivity index (χ3n) is 3.29. The minimum Gasteiger partial charge on any atom is -0.497 e. The maximum atomic E-state index is 14.2. The van der Waals surface area contributed by atoms with Crippen molar-refractivity contribution in [2.75, 3.05) is 21.3 Å². The van der Waals surface area contributed by atoms with Gasteiger partial charge in [0, 0.05) is 11.6 Å². The molecule has 0 aliphatic carbocycles. The Kier molecular flexibility index (Phi) is 4.65. The van der Waals surface area contributed by atoms with Gasteiger partial charge in [0.2, 0.25) is 0 Å². The fourth-order valence-electron chi connectivity index (χ4n) is 2.12. The van der Waals surface area contributed by atoms with Crippen LogP contribution in [0.15, 0.2) is 36.4 Å². The van der Waals surface area contributed by atoms with Gasteiger partial charge in [-0.05, 0) is 23.8 Å². The summed E-state index contributed by atoms with van der Waals surface area (Å²) >= 11 is 0. The molecule has 0 radical (unpaired) electrons. The van der Waals surface area contributed by atoms with Gasteiger partial charge >= 0.3 is 0 Å². The molecule has 112 valence electrons. The molecule has 21 heavy (non-hydrogen) atoms. The Hall–Kier alpha value is -2.27. The van der Waals surface area contributed by atoms with Crippen LogP contribution in [0.25, 0.3) is 0 Å². The molecular weight excluding hydrogens is 273 g/mol. The molecule has 4 nitrogen and oxygen atoms in total. The third-order valence-corrected chi connectivity index (χ3v) is 3.29. The molecule has 0 saturated heterocycles. The Morgan fingerprint density at radius 3 is 2.24 bits per heavy atom. The molecule has 2 aromatic carbocycles. The van der Waals surface area contributed by atoms with Crippen molar-refractivity contribution in [3.63, 3.8) is 0 Å². The lowest BCUT2D eigenvalue weighted by Crippen LogP contribution is -2.14. The average Bonchev–Trinajstić information content (AvgIpc) is 2.53.